The first-order valence-electron chi connectivity index (χ1n) is 8.19. The number of ether oxygens (including phenoxy) is 1. The molecule has 6 heteroatoms. The second-order valence-corrected chi connectivity index (χ2v) is 6.10. The molecule has 3 rings (SSSR count). The Labute approximate surface area is 141 Å². The Hall–Kier alpha value is -2.63. The third-order valence-electron chi connectivity index (χ3n) is 4.31. The smallest absolute Gasteiger partial charge is 0.337 e. The zero-order valence-electron chi connectivity index (χ0n) is 14.0. The summed E-state index contributed by atoms with van der Waals surface area (Å²) in [6, 6.07) is 8.99. The van der Waals surface area contributed by atoms with Crippen molar-refractivity contribution in [1.82, 2.24) is 9.97 Å². The largest absolute Gasteiger partial charge is 0.465 e. The maximum atomic E-state index is 11.5. The van der Waals surface area contributed by atoms with Gasteiger partial charge in [0, 0.05) is 25.0 Å². The number of hydrogen-bond donors (Lipinski definition) is 1. The minimum atomic E-state index is -0.348. The van der Waals surface area contributed by atoms with Crippen LogP contribution < -0.4 is 10.2 Å². The molecule has 0 atom stereocenters. The number of benzene rings is 1. The number of methoxy groups -OCH3 is 1. The molecule has 2 heterocycles. The van der Waals surface area contributed by atoms with Gasteiger partial charge in [-0.15, -0.1) is 0 Å². The molecule has 1 saturated heterocycles. The summed E-state index contributed by atoms with van der Waals surface area (Å²) in [5, 5.41) is 3.18. The average molecular weight is 326 g/mol. The summed E-state index contributed by atoms with van der Waals surface area (Å²) in [4.78, 5) is 22.6. The van der Waals surface area contributed by atoms with Crippen molar-refractivity contribution in [2.45, 2.75) is 19.8 Å². The highest BCUT2D eigenvalue weighted by molar-refractivity contribution is 5.89. The highest BCUT2D eigenvalue weighted by Crippen LogP contribution is 2.22. The van der Waals surface area contributed by atoms with E-state index in [2.05, 4.69) is 27.1 Å². The molecule has 0 radical (unpaired) electrons. The van der Waals surface area contributed by atoms with E-state index < -0.39 is 0 Å². The lowest BCUT2D eigenvalue weighted by Gasteiger charge is -2.31. The Morgan fingerprint density at radius 2 is 1.92 bits per heavy atom. The number of nitrogens with one attached hydrogen (secondary N) is 1. The lowest BCUT2D eigenvalue weighted by atomic mass is 9.99. The molecule has 1 aromatic carbocycles. The third-order valence-corrected chi connectivity index (χ3v) is 4.31. The molecule has 2 aromatic rings. The molecule has 0 amide bonds. The second kappa shape index (κ2) is 7.29. The summed E-state index contributed by atoms with van der Waals surface area (Å²) in [7, 11) is 1.37. The number of carbonyl (C=O) groups excluding carboxylic acids is 1. The van der Waals surface area contributed by atoms with Gasteiger partial charge in [0.1, 0.15) is 5.82 Å². The van der Waals surface area contributed by atoms with Crippen molar-refractivity contribution in [2.75, 3.05) is 30.4 Å². The fourth-order valence-corrected chi connectivity index (χ4v) is 2.76. The van der Waals surface area contributed by atoms with Crippen LogP contribution >= 0.6 is 0 Å². The van der Waals surface area contributed by atoms with Crippen LogP contribution in [0.3, 0.4) is 0 Å². The van der Waals surface area contributed by atoms with Gasteiger partial charge in [-0.05, 0) is 49.1 Å². The molecule has 0 unspecified atom stereocenters. The summed E-state index contributed by atoms with van der Waals surface area (Å²) in [6.45, 7) is 4.36. The number of rotatable bonds is 4. The predicted octanol–water partition coefficient (Wildman–Crippen LogP) is 3.24. The van der Waals surface area contributed by atoms with Crippen molar-refractivity contribution < 1.29 is 9.53 Å². The van der Waals surface area contributed by atoms with E-state index in [0.29, 0.717) is 11.5 Å². The summed E-state index contributed by atoms with van der Waals surface area (Å²) in [5.41, 5.74) is 1.34. The molecule has 0 saturated carbocycles. The van der Waals surface area contributed by atoms with Crippen LogP contribution in [-0.4, -0.2) is 36.1 Å². The Kier molecular flexibility index (Phi) is 4.93. The van der Waals surface area contributed by atoms with Gasteiger partial charge in [0.2, 0.25) is 5.95 Å². The van der Waals surface area contributed by atoms with Crippen molar-refractivity contribution in [1.29, 1.82) is 0 Å². The van der Waals surface area contributed by atoms with Crippen LogP contribution in [-0.2, 0) is 4.74 Å². The quantitative estimate of drug-likeness (QED) is 0.870. The van der Waals surface area contributed by atoms with Crippen molar-refractivity contribution in [3.05, 3.63) is 42.1 Å². The van der Waals surface area contributed by atoms with E-state index in [-0.39, 0.29) is 5.97 Å². The monoisotopic (exact) mass is 326 g/mol. The van der Waals surface area contributed by atoms with Crippen LogP contribution in [0.25, 0.3) is 0 Å². The van der Waals surface area contributed by atoms with Crippen LogP contribution in [0.1, 0.15) is 30.1 Å². The summed E-state index contributed by atoms with van der Waals surface area (Å²) >= 11 is 0. The van der Waals surface area contributed by atoms with E-state index in [1.165, 1.54) is 20.0 Å². The fourth-order valence-electron chi connectivity index (χ4n) is 2.76. The van der Waals surface area contributed by atoms with Gasteiger partial charge in [-0.3, -0.25) is 0 Å². The summed E-state index contributed by atoms with van der Waals surface area (Å²) in [5.74, 6) is 1.94. The van der Waals surface area contributed by atoms with Crippen LogP contribution in [0.2, 0.25) is 0 Å². The molecular weight excluding hydrogens is 304 g/mol. The molecule has 1 aliphatic heterocycles. The lowest BCUT2D eigenvalue weighted by Crippen LogP contribution is -2.33. The van der Waals surface area contributed by atoms with Crippen LogP contribution in [0.15, 0.2) is 36.5 Å². The zero-order valence-corrected chi connectivity index (χ0v) is 14.0. The SMILES string of the molecule is COC(=O)c1ccc(Nc2nccc(N3CCC(C)CC3)n2)cc1. The van der Waals surface area contributed by atoms with Gasteiger partial charge >= 0.3 is 5.97 Å². The van der Waals surface area contributed by atoms with Gasteiger partial charge in [-0.1, -0.05) is 6.92 Å². The molecule has 6 nitrogen and oxygen atoms in total. The Morgan fingerprint density at radius 3 is 2.58 bits per heavy atom. The second-order valence-electron chi connectivity index (χ2n) is 6.10. The minimum Gasteiger partial charge on any atom is -0.465 e. The first kappa shape index (κ1) is 16.2. The van der Waals surface area contributed by atoms with Crippen molar-refractivity contribution in [2.24, 2.45) is 5.92 Å². The Balaban J connectivity index is 1.69. The van der Waals surface area contributed by atoms with Crippen molar-refractivity contribution in [3.8, 4) is 0 Å². The molecule has 0 spiro atoms. The van der Waals surface area contributed by atoms with Crippen molar-refractivity contribution >= 4 is 23.4 Å². The molecule has 126 valence electrons. The average Bonchev–Trinajstić information content (AvgIpc) is 2.62. The van der Waals surface area contributed by atoms with E-state index in [1.54, 1.807) is 18.3 Å². The molecule has 0 aliphatic carbocycles. The predicted molar refractivity (Wildman–Crippen MR) is 93.7 cm³/mol. The molecule has 0 bridgehead atoms. The van der Waals surface area contributed by atoms with Crippen LogP contribution in [0.5, 0.6) is 0 Å². The number of piperidine rings is 1. The number of carbonyl (C=O) groups is 1. The number of aromatic nitrogens is 2. The topological polar surface area (TPSA) is 67.3 Å². The first-order valence-corrected chi connectivity index (χ1v) is 8.19. The highest BCUT2D eigenvalue weighted by atomic mass is 16.5. The normalized spacial score (nSPS) is 15.2. The van der Waals surface area contributed by atoms with Crippen LogP contribution in [0.4, 0.5) is 17.5 Å². The Bertz CT molecular complexity index is 694. The number of hydrogen-bond acceptors (Lipinski definition) is 6. The van der Waals surface area contributed by atoms with E-state index in [1.807, 2.05) is 18.2 Å². The van der Waals surface area contributed by atoms with Gasteiger partial charge in [-0.25, -0.2) is 9.78 Å². The summed E-state index contributed by atoms with van der Waals surface area (Å²) < 4.78 is 4.70. The minimum absolute atomic E-state index is 0.348. The molecule has 24 heavy (non-hydrogen) atoms. The lowest BCUT2D eigenvalue weighted by molar-refractivity contribution is 0.0601. The maximum absolute atomic E-state index is 11.5. The van der Waals surface area contributed by atoms with E-state index in [0.717, 1.165) is 30.5 Å². The van der Waals surface area contributed by atoms with Gasteiger partial charge in [-0.2, -0.15) is 4.98 Å². The van der Waals surface area contributed by atoms with E-state index in [9.17, 15) is 4.79 Å². The molecule has 1 aromatic heterocycles. The number of esters is 1. The number of nitrogens with zero attached hydrogens (tertiary/aromatic N) is 3. The third kappa shape index (κ3) is 3.82. The number of anilines is 3. The van der Waals surface area contributed by atoms with Crippen molar-refractivity contribution in [3.63, 3.8) is 0 Å². The first-order chi connectivity index (χ1) is 11.7. The van der Waals surface area contributed by atoms with Gasteiger partial charge in [0.25, 0.3) is 0 Å². The molecular formula is C18H22N4O2. The van der Waals surface area contributed by atoms with E-state index >= 15 is 0 Å². The summed E-state index contributed by atoms with van der Waals surface area (Å²) in [6.07, 6.45) is 4.16. The fraction of sp³-hybridized carbons (Fsp3) is 0.389. The standard InChI is InChI=1S/C18H22N4O2/c1-13-8-11-22(12-9-13)16-7-10-19-18(21-16)20-15-5-3-14(4-6-15)17(23)24-2/h3-7,10,13H,8-9,11-12H2,1-2H3,(H,19,20,21). The van der Waals surface area contributed by atoms with Gasteiger partial charge in [0.05, 0.1) is 12.7 Å². The van der Waals surface area contributed by atoms with Gasteiger partial charge < -0.3 is 15.0 Å². The Morgan fingerprint density at radius 1 is 1.21 bits per heavy atom. The highest BCUT2D eigenvalue weighted by Gasteiger charge is 2.17. The van der Waals surface area contributed by atoms with Crippen LogP contribution in [0, 0.1) is 5.92 Å². The maximum Gasteiger partial charge on any atom is 0.337 e. The van der Waals surface area contributed by atoms with E-state index in [4.69, 9.17) is 4.74 Å². The molecule has 1 fully saturated rings. The van der Waals surface area contributed by atoms with Gasteiger partial charge in [0.15, 0.2) is 0 Å². The molecule has 1 N–H and O–H groups in total. The zero-order chi connectivity index (χ0) is 16.9. The molecule has 1 aliphatic rings.